The van der Waals surface area contributed by atoms with Crippen LogP contribution in [0.2, 0.25) is 0 Å². The van der Waals surface area contributed by atoms with Crippen molar-refractivity contribution in [2.45, 2.75) is 12.8 Å². The van der Waals surface area contributed by atoms with Gasteiger partial charge in [-0.05, 0) is 25.0 Å². The maximum atomic E-state index is 6.01. The van der Waals surface area contributed by atoms with Crippen molar-refractivity contribution in [2.24, 2.45) is 5.41 Å². The minimum absolute atomic E-state index is 0.282. The van der Waals surface area contributed by atoms with Crippen LogP contribution in [0.5, 0.6) is 5.75 Å². The zero-order valence-electron chi connectivity index (χ0n) is 10.9. The van der Waals surface area contributed by atoms with E-state index in [1.165, 1.54) is 12.8 Å². The summed E-state index contributed by atoms with van der Waals surface area (Å²) in [5, 5.41) is 5.61. The summed E-state index contributed by atoms with van der Waals surface area (Å²) >= 11 is 6.01. The molecule has 1 aromatic carbocycles. The molecule has 3 rings (SSSR count). The molecule has 1 fully saturated rings. The number of anilines is 1. The highest BCUT2D eigenvalue weighted by atomic mass is 35.5. The predicted octanol–water partition coefficient (Wildman–Crippen LogP) is 3.67. The van der Waals surface area contributed by atoms with E-state index in [4.69, 9.17) is 16.3 Å². The van der Waals surface area contributed by atoms with E-state index in [0.29, 0.717) is 5.88 Å². The lowest BCUT2D eigenvalue weighted by atomic mass is 10.1. The third kappa shape index (κ3) is 2.35. The summed E-state index contributed by atoms with van der Waals surface area (Å²) in [5.74, 6) is 2.50. The third-order valence-electron chi connectivity index (χ3n) is 3.86. The zero-order valence-corrected chi connectivity index (χ0v) is 11.7. The summed E-state index contributed by atoms with van der Waals surface area (Å²) in [7, 11) is 1.69. The first-order chi connectivity index (χ1) is 9.28. The second-order valence-electron chi connectivity index (χ2n) is 5.20. The van der Waals surface area contributed by atoms with Gasteiger partial charge in [0.05, 0.1) is 7.11 Å². The van der Waals surface area contributed by atoms with Crippen LogP contribution < -0.4 is 10.1 Å². The van der Waals surface area contributed by atoms with Gasteiger partial charge in [-0.3, -0.25) is 0 Å². The Labute approximate surface area is 117 Å². The first kappa shape index (κ1) is 12.5. The molecule has 100 valence electrons. The molecule has 3 nitrogen and oxygen atoms in total. The molecule has 1 aliphatic rings. The number of alkyl halides is 1. The molecule has 0 saturated heterocycles. The molecule has 0 spiro atoms. The summed E-state index contributed by atoms with van der Waals surface area (Å²) in [5.41, 5.74) is 0.282. The Balaban J connectivity index is 1.91. The topological polar surface area (TPSA) is 34.1 Å². The fourth-order valence-electron chi connectivity index (χ4n) is 2.30. The molecule has 1 N–H and O–H groups in total. The highest BCUT2D eigenvalue weighted by Gasteiger charge is 2.41. The number of fused-ring (bicyclic) bond motifs is 1. The van der Waals surface area contributed by atoms with E-state index in [2.05, 4.69) is 16.4 Å². The molecule has 1 aromatic heterocycles. The summed E-state index contributed by atoms with van der Waals surface area (Å²) in [6.07, 6.45) is 4.22. The van der Waals surface area contributed by atoms with Crippen LogP contribution in [0.25, 0.3) is 10.8 Å². The highest BCUT2D eigenvalue weighted by molar-refractivity contribution is 6.18. The molecule has 1 saturated carbocycles. The van der Waals surface area contributed by atoms with Crippen LogP contribution in [0.4, 0.5) is 5.82 Å². The van der Waals surface area contributed by atoms with Crippen LogP contribution in [0.15, 0.2) is 30.5 Å². The van der Waals surface area contributed by atoms with Gasteiger partial charge in [-0.1, -0.05) is 12.1 Å². The number of hydrogen-bond donors (Lipinski definition) is 1. The van der Waals surface area contributed by atoms with Crippen molar-refractivity contribution in [1.82, 2.24) is 4.98 Å². The van der Waals surface area contributed by atoms with Crippen LogP contribution >= 0.6 is 11.6 Å². The summed E-state index contributed by atoms with van der Waals surface area (Å²) in [6.45, 7) is 0.889. The van der Waals surface area contributed by atoms with Crippen LogP contribution in [0.3, 0.4) is 0 Å². The number of ether oxygens (including phenoxy) is 1. The van der Waals surface area contributed by atoms with Crippen LogP contribution in [0, 0.1) is 5.41 Å². The average molecular weight is 277 g/mol. The molecule has 0 amide bonds. The molecule has 0 aliphatic heterocycles. The lowest BCUT2D eigenvalue weighted by Gasteiger charge is -2.15. The van der Waals surface area contributed by atoms with E-state index in [0.717, 1.165) is 28.9 Å². The minimum atomic E-state index is 0.282. The Morgan fingerprint density at radius 2 is 2.16 bits per heavy atom. The van der Waals surface area contributed by atoms with E-state index < -0.39 is 0 Å². The molecule has 0 atom stereocenters. The Bertz CT molecular complexity index is 596. The van der Waals surface area contributed by atoms with Gasteiger partial charge in [0.2, 0.25) is 0 Å². The van der Waals surface area contributed by atoms with Crippen LogP contribution in [0.1, 0.15) is 12.8 Å². The van der Waals surface area contributed by atoms with E-state index in [1.54, 1.807) is 7.11 Å². The number of pyridine rings is 1. The SMILES string of the molecule is COc1cccc2c(NCC3(CCl)CC3)nccc12. The minimum Gasteiger partial charge on any atom is -0.496 e. The van der Waals surface area contributed by atoms with Crippen molar-refractivity contribution in [1.29, 1.82) is 0 Å². The number of rotatable bonds is 5. The molecule has 0 radical (unpaired) electrons. The van der Waals surface area contributed by atoms with Gasteiger partial charge in [-0.15, -0.1) is 11.6 Å². The van der Waals surface area contributed by atoms with Crippen molar-refractivity contribution in [3.63, 3.8) is 0 Å². The first-order valence-corrected chi connectivity index (χ1v) is 7.03. The number of nitrogens with one attached hydrogen (secondary N) is 1. The Morgan fingerprint density at radius 3 is 2.84 bits per heavy atom. The normalized spacial score (nSPS) is 16.3. The molecule has 4 heteroatoms. The molecular weight excluding hydrogens is 260 g/mol. The fraction of sp³-hybridized carbons (Fsp3) is 0.400. The van der Waals surface area contributed by atoms with E-state index in [1.807, 2.05) is 24.4 Å². The van der Waals surface area contributed by atoms with E-state index >= 15 is 0 Å². The Morgan fingerprint density at radius 1 is 1.32 bits per heavy atom. The number of methoxy groups -OCH3 is 1. The Kier molecular flexibility index (Phi) is 3.23. The first-order valence-electron chi connectivity index (χ1n) is 6.50. The quantitative estimate of drug-likeness (QED) is 0.846. The van der Waals surface area contributed by atoms with Gasteiger partial charge in [0, 0.05) is 34.8 Å². The summed E-state index contributed by atoms with van der Waals surface area (Å²) in [4.78, 5) is 4.44. The number of benzene rings is 1. The molecular formula is C15H17ClN2O. The molecule has 2 aromatic rings. The van der Waals surface area contributed by atoms with Crippen molar-refractivity contribution in [3.8, 4) is 5.75 Å². The molecule has 1 aliphatic carbocycles. The number of aromatic nitrogens is 1. The maximum Gasteiger partial charge on any atom is 0.133 e. The lowest BCUT2D eigenvalue weighted by Crippen LogP contribution is -2.17. The number of nitrogens with zero attached hydrogens (tertiary/aromatic N) is 1. The van der Waals surface area contributed by atoms with Crippen molar-refractivity contribution in [2.75, 3.05) is 24.9 Å². The van der Waals surface area contributed by atoms with Gasteiger partial charge < -0.3 is 10.1 Å². The Hall–Kier alpha value is -1.48. The largest absolute Gasteiger partial charge is 0.496 e. The smallest absolute Gasteiger partial charge is 0.133 e. The molecule has 1 heterocycles. The molecule has 0 unspecified atom stereocenters. The second-order valence-corrected chi connectivity index (χ2v) is 5.47. The lowest BCUT2D eigenvalue weighted by molar-refractivity contribution is 0.420. The number of halogens is 1. The standard InChI is InChI=1S/C15H17ClN2O/c1-19-13-4-2-3-12-11(13)5-8-17-14(12)18-10-15(9-16)6-7-15/h2-5,8H,6-7,9-10H2,1H3,(H,17,18). The predicted molar refractivity (Wildman–Crippen MR) is 79.2 cm³/mol. The van der Waals surface area contributed by atoms with Crippen LogP contribution in [-0.4, -0.2) is 24.5 Å². The monoisotopic (exact) mass is 276 g/mol. The van der Waals surface area contributed by atoms with Crippen LogP contribution in [-0.2, 0) is 0 Å². The van der Waals surface area contributed by atoms with Crippen molar-refractivity contribution >= 4 is 28.2 Å². The highest BCUT2D eigenvalue weighted by Crippen LogP contribution is 2.46. The van der Waals surface area contributed by atoms with Gasteiger partial charge in [0.1, 0.15) is 11.6 Å². The van der Waals surface area contributed by atoms with Gasteiger partial charge in [0.25, 0.3) is 0 Å². The van der Waals surface area contributed by atoms with Gasteiger partial charge >= 0.3 is 0 Å². The summed E-state index contributed by atoms with van der Waals surface area (Å²) < 4.78 is 5.38. The maximum absolute atomic E-state index is 6.01. The fourth-order valence-corrected chi connectivity index (χ4v) is 2.66. The molecule has 19 heavy (non-hydrogen) atoms. The summed E-state index contributed by atoms with van der Waals surface area (Å²) in [6, 6.07) is 8.00. The average Bonchev–Trinajstić information content (AvgIpc) is 3.25. The van der Waals surface area contributed by atoms with Gasteiger partial charge in [-0.25, -0.2) is 4.98 Å². The third-order valence-corrected chi connectivity index (χ3v) is 4.42. The second kappa shape index (κ2) is 4.89. The van der Waals surface area contributed by atoms with Crippen molar-refractivity contribution < 1.29 is 4.74 Å². The van der Waals surface area contributed by atoms with E-state index in [9.17, 15) is 0 Å². The van der Waals surface area contributed by atoms with Gasteiger partial charge in [-0.2, -0.15) is 0 Å². The zero-order chi connectivity index (χ0) is 13.3. The number of hydrogen-bond acceptors (Lipinski definition) is 3. The van der Waals surface area contributed by atoms with Crippen molar-refractivity contribution in [3.05, 3.63) is 30.5 Å². The molecule has 0 bridgehead atoms. The van der Waals surface area contributed by atoms with E-state index in [-0.39, 0.29) is 5.41 Å². The van der Waals surface area contributed by atoms with Gasteiger partial charge in [0.15, 0.2) is 0 Å².